The quantitative estimate of drug-likeness (QED) is 0.860. The molecule has 2 nitrogen and oxygen atoms in total. The van der Waals surface area contributed by atoms with Crippen LogP contribution in [0.4, 0.5) is 0 Å². The van der Waals surface area contributed by atoms with Crippen molar-refractivity contribution in [1.82, 2.24) is 0 Å². The minimum absolute atomic E-state index is 0. The second-order valence-electron chi connectivity index (χ2n) is 3.77. The van der Waals surface area contributed by atoms with Crippen molar-refractivity contribution in [2.75, 3.05) is 13.2 Å². The summed E-state index contributed by atoms with van der Waals surface area (Å²) in [5, 5.41) is 0. The van der Waals surface area contributed by atoms with Crippen LogP contribution in [0.15, 0.2) is 18.2 Å². The summed E-state index contributed by atoms with van der Waals surface area (Å²) in [7, 11) is 0. The number of ether oxygens (including phenoxy) is 1. The zero-order valence-corrected chi connectivity index (χ0v) is 9.69. The van der Waals surface area contributed by atoms with Gasteiger partial charge >= 0.3 is 0 Å². The molecule has 0 saturated heterocycles. The number of aryl methyl sites for hydroxylation is 2. The number of fused-ring (bicyclic) bond motifs is 1. The van der Waals surface area contributed by atoms with E-state index in [1.807, 2.05) is 0 Å². The highest BCUT2D eigenvalue weighted by Crippen LogP contribution is 2.25. The zero-order chi connectivity index (χ0) is 9.80. The van der Waals surface area contributed by atoms with Crippen molar-refractivity contribution in [2.24, 2.45) is 5.73 Å². The van der Waals surface area contributed by atoms with Gasteiger partial charge in [0.15, 0.2) is 0 Å². The molecule has 0 bridgehead atoms. The molecule has 0 aromatic heterocycles. The lowest BCUT2D eigenvalue weighted by Crippen LogP contribution is -2.11. The smallest absolute Gasteiger partial charge is 0.119 e. The molecule has 1 aliphatic rings. The summed E-state index contributed by atoms with van der Waals surface area (Å²) < 4.78 is 5.50. The number of hydrogen-bond acceptors (Lipinski definition) is 2. The molecule has 0 atom stereocenters. The van der Waals surface area contributed by atoms with Gasteiger partial charge in [0.2, 0.25) is 0 Å². The van der Waals surface area contributed by atoms with Crippen molar-refractivity contribution in [3.63, 3.8) is 0 Å². The molecule has 1 aromatic carbocycles. The molecule has 84 valence electrons. The Kier molecular flexibility index (Phi) is 4.92. The number of hydrogen-bond donors (Lipinski definition) is 1. The Labute approximate surface area is 97.2 Å². The highest BCUT2D eigenvalue weighted by molar-refractivity contribution is 5.85. The lowest BCUT2D eigenvalue weighted by atomic mass is 9.92. The van der Waals surface area contributed by atoms with Gasteiger partial charge in [0.1, 0.15) is 12.4 Å². The van der Waals surface area contributed by atoms with Crippen LogP contribution in [0.25, 0.3) is 0 Å². The fraction of sp³-hybridized carbons (Fsp3) is 0.500. The van der Waals surface area contributed by atoms with Gasteiger partial charge in [0.25, 0.3) is 0 Å². The fourth-order valence-electron chi connectivity index (χ4n) is 1.98. The highest BCUT2D eigenvalue weighted by Gasteiger charge is 2.09. The van der Waals surface area contributed by atoms with Gasteiger partial charge in [-0.1, -0.05) is 6.07 Å². The molecule has 3 heteroatoms. The predicted octanol–water partition coefficient (Wildman–Crippen LogP) is 2.32. The van der Waals surface area contributed by atoms with Gasteiger partial charge in [-0.2, -0.15) is 0 Å². The normalized spacial score (nSPS) is 13.9. The Morgan fingerprint density at radius 1 is 1.13 bits per heavy atom. The lowest BCUT2D eigenvalue weighted by Gasteiger charge is -2.16. The first-order valence-electron chi connectivity index (χ1n) is 5.35. The Morgan fingerprint density at radius 2 is 1.87 bits per heavy atom. The van der Waals surface area contributed by atoms with Crippen molar-refractivity contribution < 1.29 is 4.74 Å². The zero-order valence-electron chi connectivity index (χ0n) is 8.87. The molecule has 2 N–H and O–H groups in total. The van der Waals surface area contributed by atoms with Crippen LogP contribution in [0, 0.1) is 0 Å². The van der Waals surface area contributed by atoms with Gasteiger partial charge in [0, 0.05) is 6.54 Å². The summed E-state index contributed by atoms with van der Waals surface area (Å²) in [4.78, 5) is 0. The average molecular weight is 228 g/mol. The summed E-state index contributed by atoms with van der Waals surface area (Å²) in [5.74, 6) is 0.969. The molecule has 0 amide bonds. The van der Waals surface area contributed by atoms with E-state index in [0.29, 0.717) is 13.2 Å². The van der Waals surface area contributed by atoms with Crippen LogP contribution in [-0.4, -0.2) is 13.2 Å². The van der Waals surface area contributed by atoms with E-state index in [1.165, 1.54) is 36.8 Å². The van der Waals surface area contributed by atoms with Crippen molar-refractivity contribution in [2.45, 2.75) is 25.7 Å². The summed E-state index contributed by atoms with van der Waals surface area (Å²) in [6, 6.07) is 6.42. The maximum atomic E-state index is 5.50. The third kappa shape index (κ3) is 3.11. The van der Waals surface area contributed by atoms with Gasteiger partial charge < -0.3 is 10.5 Å². The van der Waals surface area contributed by atoms with E-state index >= 15 is 0 Å². The standard InChI is InChI=1S/C12H17NO.ClH/c13-7-8-14-12-6-5-10-3-1-2-4-11(10)9-12;/h5-6,9H,1-4,7-8,13H2;1H. The molecular formula is C12H18ClNO. The molecule has 0 aliphatic heterocycles. The first-order chi connectivity index (χ1) is 6.90. The van der Waals surface area contributed by atoms with Gasteiger partial charge in [-0.05, 0) is 48.9 Å². The predicted molar refractivity (Wildman–Crippen MR) is 64.9 cm³/mol. The fourth-order valence-corrected chi connectivity index (χ4v) is 1.98. The minimum atomic E-state index is 0. The molecule has 2 rings (SSSR count). The number of halogens is 1. The van der Waals surface area contributed by atoms with Crippen LogP contribution >= 0.6 is 12.4 Å². The summed E-state index contributed by atoms with van der Waals surface area (Å²) >= 11 is 0. The van der Waals surface area contributed by atoms with Crippen LogP contribution in [0.3, 0.4) is 0 Å². The third-order valence-corrected chi connectivity index (χ3v) is 2.71. The van der Waals surface area contributed by atoms with Gasteiger partial charge in [-0.3, -0.25) is 0 Å². The Balaban J connectivity index is 0.00000112. The first-order valence-corrected chi connectivity index (χ1v) is 5.35. The SMILES string of the molecule is Cl.NCCOc1ccc2c(c1)CCCC2. The number of rotatable bonds is 3. The molecular weight excluding hydrogens is 210 g/mol. The molecule has 15 heavy (non-hydrogen) atoms. The number of benzene rings is 1. The van der Waals surface area contributed by atoms with Crippen LogP contribution < -0.4 is 10.5 Å². The van der Waals surface area contributed by atoms with E-state index in [9.17, 15) is 0 Å². The van der Waals surface area contributed by atoms with E-state index in [2.05, 4.69) is 18.2 Å². The van der Waals surface area contributed by atoms with Crippen molar-refractivity contribution in [3.05, 3.63) is 29.3 Å². The van der Waals surface area contributed by atoms with Crippen molar-refractivity contribution in [3.8, 4) is 5.75 Å². The second kappa shape index (κ2) is 5.99. The van der Waals surface area contributed by atoms with E-state index in [-0.39, 0.29) is 12.4 Å². The first kappa shape index (κ1) is 12.3. The summed E-state index contributed by atoms with van der Waals surface area (Å²) in [6.07, 6.45) is 5.07. The van der Waals surface area contributed by atoms with E-state index in [0.717, 1.165) is 5.75 Å². The monoisotopic (exact) mass is 227 g/mol. The Hall–Kier alpha value is -0.730. The minimum Gasteiger partial charge on any atom is -0.492 e. The van der Waals surface area contributed by atoms with Crippen LogP contribution in [0.5, 0.6) is 5.75 Å². The average Bonchev–Trinajstić information content (AvgIpc) is 2.26. The van der Waals surface area contributed by atoms with Crippen molar-refractivity contribution in [1.29, 1.82) is 0 Å². The lowest BCUT2D eigenvalue weighted by molar-refractivity contribution is 0.327. The number of nitrogens with two attached hydrogens (primary N) is 1. The summed E-state index contributed by atoms with van der Waals surface area (Å²) in [6.45, 7) is 1.19. The molecule has 0 radical (unpaired) electrons. The van der Waals surface area contributed by atoms with Gasteiger partial charge in [-0.25, -0.2) is 0 Å². The second-order valence-corrected chi connectivity index (χ2v) is 3.77. The van der Waals surface area contributed by atoms with Gasteiger partial charge in [-0.15, -0.1) is 12.4 Å². The van der Waals surface area contributed by atoms with E-state index in [4.69, 9.17) is 10.5 Å². The van der Waals surface area contributed by atoms with Crippen molar-refractivity contribution >= 4 is 12.4 Å². The van der Waals surface area contributed by atoms with Gasteiger partial charge in [0.05, 0.1) is 0 Å². The topological polar surface area (TPSA) is 35.2 Å². The van der Waals surface area contributed by atoms with E-state index in [1.54, 1.807) is 0 Å². The molecule has 0 spiro atoms. The largest absolute Gasteiger partial charge is 0.492 e. The highest BCUT2D eigenvalue weighted by atomic mass is 35.5. The third-order valence-electron chi connectivity index (χ3n) is 2.71. The molecule has 0 unspecified atom stereocenters. The summed E-state index contributed by atoms with van der Waals surface area (Å²) in [5.41, 5.74) is 8.35. The maximum Gasteiger partial charge on any atom is 0.119 e. The molecule has 0 heterocycles. The maximum absolute atomic E-state index is 5.50. The molecule has 0 fully saturated rings. The molecule has 1 aromatic rings. The van der Waals surface area contributed by atoms with Crippen LogP contribution in [-0.2, 0) is 12.8 Å². The Morgan fingerprint density at radius 3 is 2.60 bits per heavy atom. The van der Waals surface area contributed by atoms with Crippen LogP contribution in [0.2, 0.25) is 0 Å². The Bertz CT molecular complexity index is 314. The molecule has 1 aliphatic carbocycles. The van der Waals surface area contributed by atoms with Crippen LogP contribution in [0.1, 0.15) is 24.0 Å². The molecule has 0 saturated carbocycles. The van der Waals surface area contributed by atoms with E-state index < -0.39 is 0 Å².